The first-order valence-electron chi connectivity index (χ1n) is 36.4. The molecule has 500 valence electrons. The highest BCUT2D eigenvalue weighted by molar-refractivity contribution is 6.15. The fourth-order valence-electron chi connectivity index (χ4n) is 16.7. The maximum Gasteiger partial charge on any atom is 0.139 e. The summed E-state index contributed by atoms with van der Waals surface area (Å²) in [5.41, 5.74) is 23.4. The lowest BCUT2D eigenvalue weighted by molar-refractivity contribution is 1.10. The lowest BCUT2D eigenvalue weighted by Gasteiger charge is -2.11. The van der Waals surface area contributed by atoms with Crippen molar-refractivity contribution in [1.82, 2.24) is 28.2 Å². The lowest BCUT2D eigenvalue weighted by atomic mass is 10.0. The van der Waals surface area contributed by atoms with Gasteiger partial charge in [0.15, 0.2) is 0 Å². The van der Waals surface area contributed by atoms with Crippen LogP contribution in [0.15, 0.2) is 364 Å². The number of para-hydroxylation sites is 6. The van der Waals surface area contributed by atoms with Crippen LogP contribution in [0.5, 0.6) is 0 Å². The molecule has 0 N–H and O–H groups in total. The maximum atomic E-state index is 10.1. The second kappa shape index (κ2) is 24.9. The molecule has 108 heavy (non-hydrogen) atoms. The van der Waals surface area contributed by atoms with Crippen molar-refractivity contribution in [3.05, 3.63) is 375 Å². The third-order valence-corrected chi connectivity index (χ3v) is 21.9. The van der Waals surface area contributed by atoms with E-state index in [1.807, 2.05) is 60.7 Å². The second-order valence-electron chi connectivity index (χ2n) is 27.9. The van der Waals surface area contributed by atoms with E-state index in [1.165, 1.54) is 87.4 Å². The van der Waals surface area contributed by atoms with Crippen molar-refractivity contribution in [2.24, 2.45) is 0 Å². The van der Waals surface area contributed by atoms with E-state index in [1.54, 1.807) is 0 Å². The SMILES string of the molecule is N#Cc1cc(-n2c3ccccc3c3cc(-c4ccc5c(c4)c4ccccc4n5-c4ccc(-c5ccc6ccccc6c5)cc4)ccc32)nc2ccccc12.N#Cc1cc(-n2c3ccccc3c3cc(-c4ccc5c6ccccc6n(-c6ccc(-c7ccc8ccccc8c7)cc6)c5c4)ccc32)nc2ccccc12. The third-order valence-electron chi connectivity index (χ3n) is 21.9. The van der Waals surface area contributed by atoms with E-state index < -0.39 is 0 Å². The van der Waals surface area contributed by atoms with Gasteiger partial charge in [-0.25, -0.2) is 9.97 Å². The van der Waals surface area contributed by atoms with Crippen LogP contribution in [0.25, 0.3) is 198 Å². The quantitative estimate of drug-likeness (QED) is 0.151. The Morgan fingerprint density at radius 2 is 0.481 bits per heavy atom. The summed E-state index contributed by atoms with van der Waals surface area (Å²) in [4.78, 5) is 10.1. The number of benzene rings is 16. The van der Waals surface area contributed by atoms with Gasteiger partial charge in [-0.2, -0.15) is 10.5 Å². The molecule has 0 aliphatic rings. The topological polar surface area (TPSA) is 93.1 Å². The second-order valence-corrected chi connectivity index (χ2v) is 27.9. The Balaban J connectivity index is 0.000000138. The average molecular weight is 1370 g/mol. The molecule has 0 amide bonds. The molecule has 0 saturated carbocycles. The van der Waals surface area contributed by atoms with E-state index in [0.717, 1.165) is 111 Å². The van der Waals surface area contributed by atoms with Gasteiger partial charge in [-0.05, 0) is 193 Å². The number of hydrogen-bond acceptors (Lipinski definition) is 4. The molecule has 0 bridgehead atoms. The Hall–Kier alpha value is -15.0. The smallest absolute Gasteiger partial charge is 0.139 e. The van der Waals surface area contributed by atoms with Gasteiger partial charge in [0.2, 0.25) is 0 Å². The van der Waals surface area contributed by atoms with Gasteiger partial charge >= 0.3 is 0 Å². The molecular formula is C100H60N8. The monoisotopic (exact) mass is 1370 g/mol. The van der Waals surface area contributed by atoms with Crippen LogP contribution < -0.4 is 0 Å². The van der Waals surface area contributed by atoms with Crippen LogP contribution in [-0.2, 0) is 0 Å². The van der Waals surface area contributed by atoms with Crippen molar-refractivity contribution >= 4 is 131 Å². The highest BCUT2D eigenvalue weighted by atomic mass is 15.1. The summed E-state index contributed by atoms with van der Waals surface area (Å²) in [6.45, 7) is 0. The highest BCUT2D eigenvalue weighted by Gasteiger charge is 2.22. The van der Waals surface area contributed by atoms with Gasteiger partial charge in [0.25, 0.3) is 0 Å². The average Bonchev–Trinajstić information content (AvgIpc) is 1.59. The largest absolute Gasteiger partial charge is 0.309 e. The van der Waals surface area contributed by atoms with Gasteiger partial charge in [0, 0.05) is 65.2 Å². The maximum absolute atomic E-state index is 10.1. The Labute approximate surface area is 620 Å². The van der Waals surface area contributed by atoms with Crippen LogP contribution in [0.2, 0.25) is 0 Å². The number of nitrogens with zero attached hydrogens (tertiary/aromatic N) is 8. The van der Waals surface area contributed by atoms with E-state index in [2.05, 4.69) is 334 Å². The minimum Gasteiger partial charge on any atom is -0.309 e. The molecular weight excluding hydrogens is 1310 g/mol. The molecule has 0 atom stereocenters. The Morgan fingerprint density at radius 3 is 0.907 bits per heavy atom. The molecule has 16 aromatic carbocycles. The van der Waals surface area contributed by atoms with Crippen LogP contribution in [0.1, 0.15) is 11.1 Å². The fourth-order valence-corrected chi connectivity index (χ4v) is 16.7. The highest BCUT2D eigenvalue weighted by Crippen LogP contribution is 2.43. The van der Waals surface area contributed by atoms with Crippen molar-refractivity contribution in [1.29, 1.82) is 10.5 Å². The van der Waals surface area contributed by atoms with Crippen molar-refractivity contribution < 1.29 is 0 Å². The van der Waals surface area contributed by atoms with Gasteiger partial charge in [0.1, 0.15) is 11.6 Å². The Bertz CT molecular complexity index is 7570. The summed E-state index contributed by atoms with van der Waals surface area (Å²) < 4.78 is 9.14. The standard InChI is InChI=1S/2C50H30N4/c51-31-38-30-50(52-45-14-6-3-11-40(38)45)54-47-16-8-5-13-42(47)44-28-36(22-26-48(44)54)37-21-25-43-41-12-4-7-15-46(41)53(49(43)29-37)39-23-19-33(20-24-39)35-18-17-32-9-1-2-10-34(32)27-35;51-31-38-30-50(52-45-14-6-3-11-40(38)45)54-47-16-8-5-13-42(47)44-29-37(22-26-49(44)54)36-21-25-48-43(28-36)41-12-4-7-15-46(41)53(48)39-23-19-33(20-24-39)35-18-17-32-9-1-2-10-34(32)27-35/h2*1-30H. The number of pyridine rings is 2. The first-order valence-corrected chi connectivity index (χ1v) is 36.4. The molecule has 22 rings (SSSR count). The molecule has 0 fully saturated rings. The first-order chi connectivity index (χ1) is 53.4. The molecule has 0 aliphatic heterocycles. The van der Waals surface area contributed by atoms with Crippen LogP contribution in [-0.4, -0.2) is 28.2 Å². The first kappa shape index (κ1) is 61.7. The molecule has 22 aromatic rings. The van der Waals surface area contributed by atoms with Crippen LogP contribution >= 0.6 is 0 Å². The van der Waals surface area contributed by atoms with E-state index >= 15 is 0 Å². The molecule has 8 heteroatoms. The zero-order valence-electron chi connectivity index (χ0n) is 58.2. The van der Waals surface area contributed by atoms with Gasteiger partial charge < -0.3 is 9.13 Å². The predicted molar refractivity (Wildman–Crippen MR) is 447 cm³/mol. The predicted octanol–water partition coefficient (Wildman–Crippen LogP) is 25.6. The summed E-state index contributed by atoms with van der Waals surface area (Å²) in [5.74, 6) is 1.48. The number of nitriles is 2. The van der Waals surface area contributed by atoms with E-state index in [-0.39, 0.29) is 0 Å². The van der Waals surface area contributed by atoms with Gasteiger partial charge in [-0.15, -0.1) is 0 Å². The zero-order valence-corrected chi connectivity index (χ0v) is 58.2. The van der Waals surface area contributed by atoms with Gasteiger partial charge in [0.05, 0.1) is 78.4 Å². The van der Waals surface area contributed by atoms with Crippen molar-refractivity contribution in [3.8, 4) is 79.7 Å². The molecule has 0 aliphatic carbocycles. The summed E-state index contributed by atoms with van der Waals surface area (Å²) in [7, 11) is 0. The van der Waals surface area contributed by atoms with Crippen LogP contribution in [0, 0.1) is 22.7 Å². The van der Waals surface area contributed by atoms with E-state index in [0.29, 0.717) is 11.1 Å². The minimum atomic E-state index is 0.616. The normalized spacial score (nSPS) is 11.7. The lowest BCUT2D eigenvalue weighted by Crippen LogP contribution is -1.99. The number of aromatic nitrogens is 6. The molecule has 0 radical (unpaired) electrons. The molecule has 8 nitrogen and oxygen atoms in total. The van der Waals surface area contributed by atoms with Gasteiger partial charge in [-0.1, -0.05) is 237 Å². The van der Waals surface area contributed by atoms with E-state index in [9.17, 15) is 10.5 Å². The van der Waals surface area contributed by atoms with Crippen molar-refractivity contribution in [2.45, 2.75) is 0 Å². The molecule has 0 spiro atoms. The molecule has 0 unspecified atom stereocenters. The summed E-state index contributed by atoms with van der Waals surface area (Å²) in [5, 5.41) is 36.3. The van der Waals surface area contributed by atoms with E-state index in [4.69, 9.17) is 9.97 Å². The van der Waals surface area contributed by atoms with Crippen LogP contribution in [0.4, 0.5) is 0 Å². The molecule has 6 aromatic heterocycles. The summed E-state index contributed by atoms with van der Waals surface area (Å²) in [6.07, 6.45) is 0. The minimum absolute atomic E-state index is 0.616. The fraction of sp³-hybridized carbons (Fsp3) is 0. The van der Waals surface area contributed by atoms with Crippen LogP contribution in [0.3, 0.4) is 0 Å². The van der Waals surface area contributed by atoms with Crippen molar-refractivity contribution in [3.63, 3.8) is 0 Å². The van der Waals surface area contributed by atoms with Gasteiger partial charge in [-0.3, -0.25) is 9.13 Å². The number of rotatable bonds is 8. The summed E-state index contributed by atoms with van der Waals surface area (Å²) in [6, 6.07) is 134. The number of hydrogen-bond donors (Lipinski definition) is 0. The molecule has 6 heterocycles. The summed E-state index contributed by atoms with van der Waals surface area (Å²) >= 11 is 0. The Morgan fingerprint density at radius 1 is 0.194 bits per heavy atom. The third kappa shape index (κ3) is 10.0. The Kier molecular flexibility index (Phi) is 14.2. The van der Waals surface area contributed by atoms with Crippen molar-refractivity contribution in [2.75, 3.05) is 0 Å². The number of fused-ring (bicyclic) bond motifs is 16. The zero-order chi connectivity index (χ0) is 71.5. The molecule has 0 saturated heterocycles.